The third kappa shape index (κ3) is 3.91. The van der Waals surface area contributed by atoms with Gasteiger partial charge in [-0.15, -0.1) is 0 Å². The highest BCUT2D eigenvalue weighted by Gasteiger charge is 2.31. The molecule has 2 rings (SSSR count). The van der Waals surface area contributed by atoms with Crippen molar-refractivity contribution in [3.8, 4) is 11.3 Å². The topological polar surface area (TPSA) is 67.0 Å². The first-order valence-electron chi connectivity index (χ1n) is 6.08. The Hall–Kier alpha value is -2.22. The Labute approximate surface area is 128 Å². The van der Waals surface area contributed by atoms with Gasteiger partial charge in [-0.05, 0) is 11.2 Å². The van der Waals surface area contributed by atoms with E-state index >= 15 is 0 Å². The van der Waals surface area contributed by atoms with Gasteiger partial charge in [-0.1, -0.05) is 16.3 Å². The molecule has 0 spiro atoms. The molecule has 0 aliphatic carbocycles. The van der Waals surface area contributed by atoms with Gasteiger partial charge in [0.25, 0.3) is 0 Å². The first-order valence-corrected chi connectivity index (χ1v) is 6.46. The van der Waals surface area contributed by atoms with Gasteiger partial charge in [0, 0.05) is 17.8 Å². The van der Waals surface area contributed by atoms with Crippen molar-refractivity contribution >= 4 is 17.6 Å². The normalized spacial score (nSPS) is 11.5. The van der Waals surface area contributed by atoms with E-state index in [1.165, 1.54) is 17.1 Å². The fourth-order valence-corrected chi connectivity index (χ4v) is 1.95. The molecule has 0 saturated carbocycles. The van der Waals surface area contributed by atoms with Crippen molar-refractivity contribution in [2.75, 3.05) is 0 Å². The van der Waals surface area contributed by atoms with Crippen molar-refractivity contribution in [2.24, 2.45) is 0 Å². The van der Waals surface area contributed by atoms with E-state index < -0.39 is 17.7 Å². The molecule has 0 unspecified atom stereocenters. The predicted molar refractivity (Wildman–Crippen MR) is 69.9 cm³/mol. The Balaban J connectivity index is 2.23. The van der Waals surface area contributed by atoms with Gasteiger partial charge in [0.2, 0.25) is 0 Å². The second-order valence-electron chi connectivity index (χ2n) is 4.37. The van der Waals surface area contributed by atoms with Gasteiger partial charge in [-0.2, -0.15) is 13.2 Å². The van der Waals surface area contributed by atoms with Crippen LogP contribution in [0.15, 0.2) is 30.7 Å². The molecule has 0 amide bonds. The minimum Gasteiger partial charge on any atom is -0.481 e. The van der Waals surface area contributed by atoms with Crippen LogP contribution >= 0.6 is 11.6 Å². The van der Waals surface area contributed by atoms with E-state index in [0.717, 1.165) is 6.07 Å². The zero-order valence-electron chi connectivity index (χ0n) is 11.0. The zero-order chi connectivity index (χ0) is 16.3. The second-order valence-corrected chi connectivity index (χ2v) is 4.78. The number of aliphatic carboxylic acids is 1. The average Bonchev–Trinajstić information content (AvgIpc) is 2.44. The van der Waals surface area contributed by atoms with Gasteiger partial charge < -0.3 is 5.11 Å². The Morgan fingerprint density at radius 2 is 2.09 bits per heavy atom. The highest BCUT2D eigenvalue weighted by atomic mass is 35.5. The summed E-state index contributed by atoms with van der Waals surface area (Å²) in [5.41, 5.74) is -0.320. The molecular weight excluding hydrogens is 323 g/mol. The number of aryl methyl sites for hydroxylation is 1. The lowest BCUT2D eigenvalue weighted by Gasteiger charge is -2.08. The molecule has 2 aromatic rings. The Bertz CT molecular complexity index is 690. The summed E-state index contributed by atoms with van der Waals surface area (Å²) in [4.78, 5) is 14.2. The summed E-state index contributed by atoms with van der Waals surface area (Å²) < 4.78 is 39.0. The van der Waals surface area contributed by atoms with Gasteiger partial charge in [0.15, 0.2) is 12.7 Å². The summed E-state index contributed by atoms with van der Waals surface area (Å²) in [7, 11) is 0. The van der Waals surface area contributed by atoms with Crippen molar-refractivity contribution in [1.82, 2.24) is 10.1 Å². The zero-order valence-corrected chi connectivity index (χ0v) is 11.8. The highest BCUT2D eigenvalue weighted by molar-refractivity contribution is 6.33. The molecule has 2 heterocycles. The maximum atomic E-state index is 12.5. The van der Waals surface area contributed by atoms with E-state index in [0.29, 0.717) is 11.8 Å². The van der Waals surface area contributed by atoms with Crippen LogP contribution < -0.4 is 4.68 Å². The highest BCUT2D eigenvalue weighted by Crippen LogP contribution is 2.33. The summed E-state index contributed by atoms with van der Waals surface area (Å²) in [6, 6.07) is 2.35. The van der Waals surface area contributed by atoms with E-state index in [9.17, 15) is 18.0 Å². The number of rotatable bonds is 4. The minimum absolute atomic E-state index is 0.0870. The van der Waals surface area contributed by atoms with Crippen LogP contribution in [0.5, 0.6) is 0 Å². The Morgan fingerprint density at radius 3 is 2.59 bits per heavy atom. The fourth-order valence-electron chi connectivity index (χ4n) is 1.67. The molecule has 0 aromatic carbocycles. The van der Waals surface area contributed by atoms with E-state index in [2.05, 4.69) is 10.1 Å². The lowest BCUT2D eigenvalue weighted by Crippen LogP contribution is -2.38. The minimum atomic E-state index is -4.51. The quantitative estimate of drug-likeness (QED) is 0.874. The molecule has 9 heteroatoms. The van der Waals surface area contributed by atoms with Crippen molar-refractivity contribution in [3.05, 3.63) is 41.3 Å². The second kappa shape index (κ2) is 6.27. The number of carbonyl (C=O) groups is 1. The number of carboxylic acids is 1. The summed E-state index contributed by atoms with van der Waals surface area (Å²) in [6.07, 6.45) is -1.02. The molecule has 0 aliphatic rings. The molecule has 5 nitrogen and oxygen atoms in total. The fraction of sp³-hybridized carbons (Fsp3) is 0.231. The molecule has 0 fully saturated rings. The number of hydrogen-bond acceptors (Lipinski definition) is 3. The van der Waals surface area contributed by atoms with Gasteiger partial charge in [-0.25, -0.2) is 0 Å². The molecule has 0 aliphatic heterocycles. The number of pyridine rings is 1. The van der Waals surface area contributed by atoms with Crippen LogP contribution in [0.2, 0.25) is 5.02 Å². The standard InChI is InChI=1S/C13H9ClF3N3O2/c14-10-5-9(13(15,16)17)7-18-12(10)8-1-3-20(19-6-8)4-2-11(21)22/h1,3,5-7H,2,4H2/p+1. The molecular formula is C13H10ClF3N3O2+. The van der Waals surface area contributed by atoms with Crippen LogP contribution in [0.1, 0.15) is 12.0 Å². The van der Waals surface area contributed by atoms with Crippen LogP contribution in [0.4, 0.5) is 13.2 Å². The number of nitrogens with zero attached hydrogens (tertiary/aromatic N) is 3. The molecule has 1 N–H and O–H groups in total. The summed E-state index contributed by atoms with van der Waals surface area (Å²) in [6.45, 7) is 0.184. The summed E-state index contributed by atoms with van der Waals surface area (Å²) >= 11 is 5.84. The lowest BCUT2D eigenvalue weighted by molar-refractivity contribution is -0.752. The molecule has 116 valence electrons. The van der Waals surface area contributed by atoms with Crippen molar-refractivity contribution in [1.29, 1.82) is 0 Å². The third-order valence-corrected chi connectivity index (χ3v) is 3.06. The van der Waals surface area contributed by atoms with Crippen molar-refractivity contribution in [2.45, 2.75) is 19.1 Å². The van der Waals surface area contributed by atoms with Crippen LogP contribution in [0.3, 0.4) is 0 Å². The Kier molecular flexibility index (Phi) is 4.60. The number of hydrogen-bond donors (Lipinski definition) is 1. The van der Waals surface area contributed by atoms with Gasteiger partial charge in [-0.3, -0.25) is 9.78 Å². The maximum Gasteiger partial charge on any atom is 0.417 e. The number of aromatic nitrogens is 3. The van der Waals surface area contributed by atoms with Crippen molar-refractivity contribution in [3.63, 3.8) is 0 Å². The predicted octanol–water partition coefficient (Wildman–Crippen LogP) is 2.58. The van der Waals surface area contributed by atoms with Crippen LogP contribution in [-0.4, -0.2) is 21.2 Å². The summed E-state index contributed by atoms with van der Waals surface area (Å²) in [5, 5.41) is 12.4. The molecule has 0 atom stereocenters. The molecule has 0 radical (unpaired) electrons. The van der Waals surface area contributed by atoms with Gasteiger partial charge in [0.1, 0.15) is 12.6 Å². The monoisotopic (exact) mass is 332 g/mol. The first kappa shape index (κ1) is 16.2. The largest absolute Gasteiger partial charge is 0.481 e. The van der Waals surface area contributed by atoms with E-state index in [1.54, 1.807) is 6.07 Å². The maximum absolute atomic E-state index is 12.5. The number of carboxylic acid groups (broad SMARTS) is 1. The van der Waals surface area contributed by atoms with Crippen LogP contribution in [0.25, 0.3) is 11.3 Å². The number of alkyl halides is 3. The summed E-state index contributed by atoms with van der Waals surface area (Å²) in [5.74, 6) is -0.953. The Morgan fingerprint density at radius 1 is 1.36 bits per heavy atom. The van der Waals surface area contributed by atoms with E-state index in [1.807, 2.05) is 0 Å². The van der Waals surface area contributed by atoms with Gasteiger partial charge in [0.05, 0.1) is 16.3 Å². The van der Waals surface area contributed by atoms with Crippen molar-refractivity contribution < 1.29 is 27.8 Å². The van der Waals surface area contributed by atoms with Crippen LogP contribution in [0, 0.1) is 0 Å². The number of halogens is 4. The molecule has 2 aromatic heterocycles. The molecule has 22 heavy (non-hydrogen) atoms. The van der Waals surface area contributed by atoms with Crippen LogP contribution in [-0.2, 0) is 17.5 Å². The van der Waals surface area contributed by atoms with Gasteiger partial charge >= 0.3 is 12.1 Å². The van der Waals surface area contributed by atoms with E-state index in [4.69, 9.17) is 16.7 Å². The lowest BCUT2D eigenvalue weighted by atomic mass is 10.1. The smallest absolute Gasteiger partial charge is 0.417 e. The average molecular weight is 333 g/mol. The SMILES string of the molecule is O=C(O)CC[n+]1ccc(-c2ncc(C(F)(F)F)cc2Cl)cn1. The van der Waals surface area contributed by atoms with E-state index in [-0.39, 0.29) is 23.7 Å². The molecule has 0 saturated heterocycles. The third-order valence-electron chi connectivity index (χ3n) is 2.77. The first-order chi connectivity index (χ1) is 10.3. The molecule has 0 bridgehead atoms.